The fourth-order valence-corrected chi connectivity index (χ4v) is 4.03. The first-order valence-corrected chi connectivity index (χ1v) is 8.36. The molecule has 2 aliphatic rings. The lowest BCUT2D eigenvalue weighted by molar-refractivity contribution is -0.000656. The summed E-state index contributed by atoms with van der Waals surface area (Å²) in [6, 6.07) is 5.58. The Morgan fingerprint density at radius 2 is 1.91 bits per heavy atom. The molecule has 0 bridgehead atoms. The molecule has 6 nitrogen and oxygen atoms in total. The summed E-state index contributed by atoms with van der Waals surface area (Å²) in [5, 5.41) is 13.7. The van der Waals surface area contributed by atoms with Gasteiger partial charge < -0.3 is 0 Å². The molecule has 1 aliphatic carbocycles. The van der Waals surface area contributed by atoms with Gasteiger partial charge >= 0.3 is 0 Å². The topological polar surface area (TPSA) is 62.7 Å². The van der Waals surface area contributed by atoms with Crippen molar-refractivity contribution >= 4 is 0 Å². The van der Waals surface area contributed by atoms with E-state index < -0.39 is 0 Å². The average Bonchev–Trinajstić information content (AvgIpc) is 3.22. The Bertz CT molecular complexity index is 696. The molecule has 3 heterocycles. The van der Waals surface area contributed by atoms with Crippen LogP contribution >= 0.6 is 0 Å². The van der Waals surface area contributed by atoms with Crippen LogP contribution in [0.15, 0.2) is 31.0 Å². The molecule has 2 aromatic heterocycles. The zero-order valence-electron chi connectivity index (χ0n) is 13.5. The van der Waals surface area contributed by atoms with Gasteiger partial charge in [-0.05, 0) is 32.6 Å². The largest absolute Gasteiger partial charge is 0.297 e. The summed E-state index contributed by atoms with van der Waals surface area (Å²) in [5.74, 6) is 1.09. The molecule has 0 N–H and O–H groups in total. The van der Waals surface area contributed by atoms with Crippen molar-refractivity contribution in [2.75, 3.05) is 13.1 Å². The highest BCUT2D eigenvalue weighted by atomic mass is 15.4. The van der Waals surface area contributed by atoms with E-state index in [2.05, 4.69) is 32.7 Å². The lowest BCUT2D eigenvalue weighted by Gasteiger charge is -2.49. The number of rotatable bonds is 3. The number of hydrogen-bond donors (Lipinski definition) is 0. The first kappa shape index (κ1) is 14.5. The normalized spacial score (nSPS) is 27.3. The van der Waals surface area contributed by atoms with Gasteiger partial charge in [-0.25, -0.2) is 9.67 Å². The molecule has 1 aliphatic heterocycles. The highest BCUT2D eigenvalue weighted by Gasteiger charge is 2.43. The molecule has 6 heteroatoms. The monoisotopic (exact) mass is 310 g/mol. The van der Waals surface area contributed by atoms with Crippen molar-refractivity contribution < 1.29 is 0 Å². The molecule has 0 unspecified atom stereocenters. The molecule has 23 heavy (non-hydrogen) atoms. The van der Waals surface area contributed by atoms with Gasteiger partial charge in [-0.3, -0.25) is 9.47 Å². The lowest BCUT2D eigenvalue weighted by Crippen LogP contribution is -2.58. The van der Waals surface area contributed by atoms with E-state index in [1.165, 1.54) is 12.8 Å². The predicted octanol–water partition coefficient (Wildman–Crippen LogP) is 2.40. The highest BCUT2D eigenvalue weighted by molar-refractivity contribution is 5.22. The minimum absolute atomic E-state index is 0.118. The van der Waals surface area contributed by atoms with Gasteiger partial charge in [-0.15, -0.1) is 0 Å². The van der Waals surface area contributed by atoms with Crippen LogP contribution in [0.1, 0.15) is 38.6 Å². The molecule has 1 saturated heterocycles. The minimum Gasteiger partial charge on any atom is -0.297 e. The van der Waals surface area contributed by atoms with E-state index in [-0.39, 0.29) is 5.41 Å². The lowest BCUT2D eigenvalue weighted by atomic mass is 9.79. The SMILES string of the molecule is CC1(C#N)CN([C@H]2CC[C@@H](n3nccc3-n3ccnc3)CC2)C1. The van der Waals surface area contributed by atoms with E-state index in [1.807, 2.05) is 29.4 Å². The molecule has 0 aromatic carbocycles. The first-order valence-electron chi connectivity index (χ1n) is 8.36. The Balaban J connectivity index is 1.40. The molecular formula is C17H22N6. The number of nitrogens with zero attached hydrogens (tertiary/aromatic N) is 6. The first-order chi connectivity index (χ1) is 11.2. The second-order valence-electron chi connectivity index (χ2n) is 7.14. The number of nitriles is 1. The van der Waals surface area contributed by atoms with Crippen LogP contribution in [-0.2, 0) is 0 Å². The van der Waals surface area contributed by atoms with Crippen molar-refractivity contribution in [2.45, 2.75) is 44.7 Å². The van der Waals surface area contributed by atoms with Gasteiger partial charge in [0.25, 0.3) is 0 Å². The van der Waals surface area contributed by atoms with E-state index in [4.69, 9.17) is 5.26 Å². The van der Waals surface area contributed by atoms with Crippen LogP contribution in [0.3, 0.4) is 0 Å². The molecule has 2 fully saturated rings. The third kappa shape index (κ3) is 2.55. The van der Waals surface area contributed by atoms with Crippen molar-refractivity contribution in [3.05, 3.63) is 31.0 Å². The van der Waals surface area contributed by atoms with Crippen molar-refractivity contribution in [2.24, 2.45) is 5.41 Å². The molecule has 1 saturated carbocycles. The van der Waals surface area contributed by atoms with Crippen LogP contribution < -0.4 is 0 Å². The van der Waals surface area contributed by atoms with E-state index in [0.717, 1.165) is 31.7 Å². The van der Waals surface area contributed by atoms with Gasteiger partial charge in [0.1, 0.15) is 12.1 Å². The van der Waals surface area contributed by atoms with E-state index in [9.17, 15) is 0 Å². The summed E-state index contributed by atoms with van der Waals surface area (Å²) in [4.78, 5) is 6.61. The molecular weight excluding hydrogens is 288 g/mol. The summed E-state index contributed by atoms with van der Waals surface area (Å²) in [5.41, 5.74) is -0.118. The average molecular weight is 310 g/mol. The van der Waals surface area contributed by atoms with E-state index in [0.29, 0.717) is 12.1 Å². The van der Waals surface area contributed by atoms with Crippen LogP contribution in [0.5, 0.6) is 0 Å². The molecule has 0 atom stereocenters. The molecule has 2 aromatic rings. The molecule has 0 spiro atoms. The second kappa shape index (κ2) is 5.50. The summed E-state index contributed by atoms with van der Waals surface area (Å²) in [6.07, 6.45) is 12.1. The van der Waals surface area contributed by atoms with Gasteiger partial charge in [-0.1, -0.05) is 0 Å². The fraction of sp³-hybridized carbons (Fsp3) is 0.588. The summed E-state index contributed by atoms with van der Waals surface area (Å²) in [7, 11) is 0. The van der Waals surface area contributed by atoms with Gasteiger partial charge in [0.2, 0.25) is 0 Å². The van der Waals surface area contributed by atoms with Crippen molar-refractivity contribution in [1.82, 2.24) is 24.2 Å². The predicted molar refractivity (Wildman–Crippen MR) is 85.9 cm³/mol. The summed E-state index contributed by atoms with van der Waals surface area (Å²) < 4.78 is 4.17. The minimum atomic E-state index is -0.118. The van der Waals surface area contributed by atoms with Gasteiger partial charge in [-0.2, -0.15) is 10.4 Å². The van der Waals surface area contributed by atoms with Crippen molar-refractivity contribution in [3.63, 3.8) is 0 Å². The maximum absolute atomic E-state index is 9.15. The Labute approximate surface area is 136 Å². The number of imidazole rings is 1. The third-order valence-electron chi connectivity index (χ3n) is 5.32. The maximum Gasteiger partial charge on any atom is 0.136 e. The number of aromatic nitrogens is 4. The number of likely N-dealkylation sites (tertiary alicyclic amines) is 1. The van der Waals surface area contributed by atoms with Crippen molar-refractivity contribution in [3.8, 4) is 11.9 Å². The van der Waals surface area contributed by atoms with Gasteiger partial charge in [0.15, 0.2) is 0 Å². The van der Waals surface area contributed by atoms with Crippen LogP contribution in [0, 0.1) is 16.7 Å². The molecule has 0 radical (unpaired) electrons. The van der Waals surface area contributed by atoms with Crippen LogP contribution in [-0.4, -0.2) is 43.4 Å². The Kier molecular flexibility index (Phi) is 3.46. The summed E-state index contributed by atoms with van der Waals surface area (Å²) >= 11 is 0. The van der Waals surface area contributed by atoms with Crippen LogP contribution in [0.25, 0.3) is 5.82 Å². The summed E-state index contributed by atoms with van der Waals surface area (Å²) in [6.45, 7) is 3.93. The standard InChI is InChI=1S/C17H22N6/c1-17(10-18)11-22(12-17)14-2-4-15(5-3-14)23-16(6-7-20-23)21-9-8-19-13-21/h6-9,13-15H,2-5,11-12H2,1H3/t14-,15+. The molecule has 0 amide bonds. The smallest absolute Gasteiger partial charge is 0.136 e. The van der Waals surface area contributed by atoms with Crippen LogP contribution in [0.2, 0.25) is 0 Å². The van der Waals surface area contributed by atoms with Gasteiger partial charge in [0, 0.05) is 37.6 Å². The Morgan fingerprint density at radius 1 is 1.17 bits per heavy atom. The third-order valence-corrected chi connectivity index (χ3v) is 5.32. The van der Waals surface area contributed by atoms with E-state index >= 15 is 0 Å². The second-order valence-corrected chi connectivity index (χ2v) is 7.14. The zero-order valence-corrected chi connectivity index (χ0v) is 13.5. The Morgan fingerprint density at radius 3 is 2.57 bits per heavy atom. The van der Waals surface area contributed by atoms with E-state index in [1.54, 1.807) is 6.20 Å². The quantitative estimate of drug-likeness (QED) is 0.873. The van der Waals surface area contributed by atoms with Crippen molar-refractivity contribution in [1.29, 1.82) is 5.26 Å². The number of hydrogen-bond acceptors (Lipinski definition) is 4. The maximum atomic E-state index is 9.15. The molecule has 4 rings (SSSR count). The highest BCUT2D eigenvalue weighted by Crippen LogP contribution is 2.38. The fourth-order valence-electron chi connectivity index (χ4n) is 4.03. The van der Waals surface area contributed by atoms with Crippen LogP contribution in [0.4, 0.5) is 0 Å². The van der Waals surface area contributed by atoms with Gasteiger partial charge in [0.05, 0.1) is 23.7 Å². The zero-order chi connectivity index (χ0) is 15.9. The Hall–Kier alpha value is -2.13. The molecule has 120 valence electrons.